The zero-order valence-corrected chi connectivity index (χ0v) is 12.7. The molecule has 1 aliphatic heterocycles. The van der Waals surface area contributed by atoms with E-state index in [4.69, 9.17) is 5.11 Å². The molecule has 2 heterocycles. The molecule has 0 bridgehead atoms. The van der Waals surface area contributed by atoms with E-state index in [9.17, 15) is 9.59 Å². The van der Waals surface area contributed by atoms with Crippen LogP contribution >= 0.6 is 23.1 Å². The molecule has 0 radical (unpaired) electrons. The Morgan fingerprint density at radius 1 is 1.24 bits per heavy atom. The molecule has 1 aromatic carbocycles. The molecule has 108 valence electrons. The van der Waals surface area contributed by atoms with E-state index < -0.39 is 5.97 Å². The van der Waals surface area contributed by atoms with Crippen molar-refractivity contribution in [3.8, 4) is 0 Å². The summed E-state index contributed by atoms with van der Waals surface area (Å²) in [5, 5.41) is 11.0. The predicted molar refractivity (Wildman–Crippen MR) is 82.7 cm³/mol. The number of carboxylic acids is 1. The summed E-state index contributed by atoms with van der Waals surface area (Å²) >= 11 is 3.17. The largest absolute Gasteiger partial charge is 0.478 e. The Bertz CT molecular complexity index is 682. The van der Waals surface area contributed by atoms with Crippen molar-refractivity contribution < 1.29 is 14.7 Å². The first kappa shape index (κ1) is 14.2. The van der Waals surface area contributed by atoms with Crippen LogP contribution in [0.5, 0.6) is 0 Å². The number of hydrogen-bond acceptors (Lipinski definition) is 4. The minimum Gasteiger partial charge on any atom is -0.478 e. The van der Waals surface area contributed by atoms with Crippen LogP contribution in [0.3, 0.4) is 0 Å². The van der Waals surface area contributed by atoms with Crippen LogP contribution in [0.1, 0.15) is 21.5 Å². The lowest BCUT2D eigenvalue weighted by molar-refractivity contribution is -0.128. The van der Waals surface area contributed by atoms with E-state index in [-0.39, 0.29) is 11.5 Å². The van der Waals surface area contributed by atoms with E-state index in [1.165, 1.54) is 0 Å². The number of fused-ring (bicyclic) bond motifs is 1. The molecule has 0 spiro atoms. The first-order valence-corrected chi connectivity index (χ1v) is 8.29. The number of carboxylic acid groups (broad SMARTS) is 1. The fourth-order valence-electron chi connectivity index (χ4n) is 2.27. The first-order chi connectivity index (χ1) is 10.1. The van der Waals surface area contributed by atoms with E-state index >= 15 is 0 Å². The smallest absolute Gasteiger partial charge is 0.335 e. The van der Waals surface area contributed by atoms with Crippen LogP contribution in [0, 0.1) is 0 Å². The molecule has 6 heteroatoms. The molecule has 0 saturated carbocycles. The van der Waals surface area contributed by atoms with Crippen LogP contribution in [0.2, 0.25) is 0 Å². The van der Waals surface area contributed by atoms with Gasteiger partial charge in [0.05, 0.1) is 15.5 Å². The Morgan fingerprint density at radius 3 is 2.76 bits per heavy atom. The van der Waals surface area contributed by atoms with Crippen molar-refractivity contribution in [2.45, 2.75) is 17.3 Å². The molecule has 21 heavy (non-hydrogen) atoms. The van der Waals surface area contributed by atoms with Gasteiger partial charge in [0.25, 0.3) is 0 Å². The van der Waals surface area contributed by atoms with Crippen molar-refractivity contribution in [3.05, 3.63) is 52.4 Å². The topological polar surface area (TPSA) is 57.6 Å². The third-order valence-electron chi connectivity index (χ3n) is 3.36. The number of amides is 1. The number of carbonyl (C=O) groups is 2. The van der Waals surface area contributed by atoms with Gasteiger partial charge in [-0.3, -0.25) is 4.79 Å². The summed E-state index contributed by atoms with van der Waals surface area (Å²) in [6.07, 6.45) is 0. The molecule has 0 atom stereocenters. The second kappa shape index (κ2) is 5.91. The van der Waals surface area contributed by atoms with Gasteiger partial charge in [0.1, 0.15) is 0 Å². The highest BCUT2D eigenvalue weighted by Crippen LogP contribution is 2.27. The van der Waals surface area contributed by atoms with Crippen LogP contribution in [0.25, 0.3) is 0 Å². The fraction of sp³-hybridized carbons (Fsp3) is 0.200. The Morgan fingerprint density at radius 2 is 2.05 bits per heavy atom. The summed E-state index contributed by atoms with van der Waals surface area (Å²) < 4.78 is 1.13. The lowest BCUT2D eigenvalue weighted by Gasteiger charge is -2.14. The molecule has 2 aromatic rings. The van der Waals surface area contributed by atoms with Crippen molar-refractivity contribution in [1.29, 1.82) is 0 Å². The van der Waals surface area contributed by atoms with Crippen LogP contribution in [0.15, 0.2) is 39.9 Å². The van der Waals surface area contributed by atoms with Gasteiger partial charge in [-0.15, -0.1) is 23.1 Å². The molecule has 0 unspecified atom stereocenters. The molecule has 1 amide bonds. The number of rotatable bonds is 4. The molecule has 0 aliphatic carbocycles. The summed E-state index contributed by atoms with van der Waals surface area (Å²) in [6.45, 7) is 1.07. The Labute approximate surface area is 130 Å². The number of aromatic carboxylic acids is 1. The maximum atomic E-state index is 12.2. The average molecular weight is 319 g/mol. The van der Waals surface area contributed by atoms with Gasteiger partial charge in [-0.05, 0) is 34.7 Å². The number of thiophene rings is 1. The van der Waals surface area contributed by atoms with Crippen molar-refractivity contribution in [3.63, 3.8) is 0 Å². The monoisotopic (exact) mass is 319 g/mol. The highest BCUT2D eigenvalue weighted by Gasteiger charge is 2.24. The summed E-state index contributed by atoms with van der Waals surface area (Å²) in [4.78, 5) is 25.0. The molecular weight excluding hydrogens is 306 g/mol. The minimum atomic E-state index is -0.934. The van der Waals surface area contributed by atoms with Crippen LogP contribution in [0.4, 0.5) is 0 Å². The highest BCUT2D eigenvalue weighted by molar-refractivity contribution is 8.01. The highest BCUT2D eigenvalue weighted by atomic mass is 32.2. The lowest BCUT2D eigenvalue weighted by atomic mass is 10.1. The fourth-order valence-corrected chi connectivity index (χ4v) is 3.96. The molecule has 4 nitrogen and oxygen atoms in total. The van der Waals surface area contributed by atoms with Crippen molar-refractivity contribution in [1.82, 2.24) is 4.90 Å². The average Bonchev–Trinajstić information content (AvgIpc) is 3.12. The summed E-state index contributed by atoms with van der Waals surface area (Å²) in [6, 6.07) is 9.03. The summed E-state index contributed by atoms with van der Waals surface area (Å²) in [7, 11) is 0. The molecule has 0 fully saturated rings. The molecule has 1 aromatic heterocycles. The standard InChI is InChI=1S/C15H13NO3S2/c17-13(9-21-14-2-1-5-20-14)16-7-11-4-3-10(15(18)19)6-12(11)8-16/h1-6H,7-9H2,(H,18,19). The molecular formula is C15H13NO3S2. The van der Waals surface area contributed by atoms with Crippen molar-refractivity contribution >= 4 is 35.0 Å². The Balaban J connectivity index is 1.64. The van der Waals surface area contributed by atoms with Gasteiger partial charge in [-0.1, -0.05) is 12.1 Å². The lowest BCUT2D eigenvalue weighted by Crippen LogP contribution is -2.26. The second-order valence-electron chi connectivity index (χ2n) is 4.76. The first-order valence-electron chi connectivity index (χ1n) is 6.42. The number of nitrogens with zero attached hydrogens (tertiary/aromatic N) is 1. The van der Waals surface area contributed by atoms with E-state index in [1.807, 2.05) is 17.5 Å². The SMILES string of the molecule is O=C(O)c1ccc2c(c1)CN(C(=O)CSc1cccs1)C2. The maximum absolute atomic E-state index is 12.2. The minimum absolute atomic E-state index is 0.0847. The van der Waals surface area contributed by atoms with Crippen LogP contribution < -0.4 is 0 Å². The van der Waals surface area contributed by atoms with Gasteiger partial charge in [-0.25, -0.2) is 4.79 Å². The normalized spacial score (nSPS) is 13.2. The Hall–Kier alpha value is -1.79. The van der Waals surface area contributed by atoms with Gasteiger partial charge >= 0.3 is 5.97 Å². The summed E-state index contributed by atoms with van der Waals surface area (Å²) in [5.41, 5.74) is 2.25. The van der Waals surface area contributed by atoms with E-state index in [1.54, 1.807) is 46.2 Å². The van der Waals surface area contributed by atoms with Gasteiger partial charge in [0.2, 0.25) is 5.91 Å². The third kappa shape index (κ3) is 3.11. The quantitative estimate of drug-likeness (QED) is 0.880. The summed E-state index contributed by atoms with van der Waals surface area (Å²) in [5.74, 6) is -0.433. The van der Waals surface area contributed by atoms with Gasteiger partial charge in [-0.2, -0.15) is 0 Å². The number of benzene rings is 1. The molecule has 3 rings (SSSR count). The zero-order valence-electron chi connectivity index (χ0n) is 11.1. The van der Waals surface area contributed by atoms with Gasteiger partial charge in [0.15, 0.2) is 0 Å². The second-order valence-corrected chi connectivity index (χ2v) is 6.98. The maximum Gasteiger partial charge on any atom is 0.335 e. The van der Waals surface area contributed by atoms with E-state index in [0.717, 1.165) is 15.3 Å². The van der Waals surface area contributed by atoms with Crippen molar-refractivity contribution in [2.24, 2.45) is 0 Å². The number of hydrogen-bond donors (Lipinski definition) is 1. The van der Waals surface area contributed by atoms with Gasteiger partial charge < -0.3 is 10.0 Å². The van der Waals surface area contributed by atoms with Crippen LogP contribution in [-0.4, -0.2) is 27.6 Å². The number of carbonyl (C=O) groups excluding carboxylic acids is 1. The molecule has 0 saturated heterocycles. The molecule has 1 aliphatic rings. The van der Waals surface area contributed by atoms with Crippen LogP contribution in [-0.2, 0) is 17.9 Å². The third-order valence-corrected chi connectivity index (χ3v) is 5.48. The predicted octanol–water partition coefficient (Wildman–Crippen LogP) is 3.08. The zero-order chi connectivity index (χ0) is 14.8. The number of thioether (sulfide) groups is 1. The van der Waals surface area contributed by atoms with E-state index in [0.29, 0.717) is 18.8 Å². The molecule has 1 N–H and O–H groups in total. The Kier molecular flexibility index (Phi) is 3.98. The van der Waals surface area contributed by atoms with Gasteiger partial charge in [0, 0.05) is 13.1 Å². The van der Waals surface area contributed by atoms with E-state index in [2.05, 4.69) is 0 Å². The van der Waals surface area contributed by atoms with Crippen molar-refractivity contribution in [2.75, 3.05) is 5.75 Å².